The molecule has 0 aromatic rings. The van der Waals surface area contributed by atoms with Gasteiger partial charge in [0, 0.05) is 12.0 Å². The molecule has 0 heterocycles. The van der Waals surface area contributed by atoms with E-state index in [-0.39, 0.29) is 5.41 Å². The summed E-state index contributed by atoms with van der Waals surface area (Å²) in [6.07, 6.45) is 9.09. The Kier molecular flexibility index (Phi) is 5.41. The molecule has 2 aliphatic carbocycles. The molecule has 0 atom stereocenters. The number of hydrogen-bond acceptors (Lipinski definition) is 2. The van der Waals surface area contributed by atoms with E-state index in [1.54, 1.807) is 0 Å². The van der Waals surface area contributed by atoms with E-state index in [0.29, 0.717) is 6.54 Å². The molecule has 0 aliphatic heterocycles. The number of nitrogens with two attached hydrogens (primary N) is 1. The second-order valence-corrected chi connectivity index (χ2v) is 8.68. The molecule has 2 nitrogen and oxygen atoms in total. The van der Waals surface area contributed by atoms with Crippen molar-refractivity contribution in [3.63, 3.8) is 0 Å². The van der Waals surface area contributed by atoms with Crippen LogP contribution < -0.4 is 5.73 Å². The van der Waals surface area contributed by atoms with E-state index < -0.39 is 5.60 Å². The average Bonchev–Trinajstić information content (AvgIpc) is 2.47. The monoisotopic (exact) mass is 295 g/mol. The summed E-state index contributed by atoms with van der Waals surface area (Å²) in [4.78, 5) is 0. The minimum Gasteiger partial charge on any atom is -0.389 e. The first kappa shape index (κ1) is 17.3. The maximum Gasteiger partial charge on any atom is 0.0716 e. The summed E-state index contributed by atoms with van der Waals surface area (Å²) in [5.41, 5.74) is 5.72. The maximum absolute atomic E-state index is 11.4. The van der Waals surface area contributed by atoms with Crippen molar-refractivity contribution in [2.24, 2.45) is 34.8 Å². The van der Waals surface area contributed by atoms with Gasteiger partial charge in [-0.2, -0.15) is 0 Å². The SMILES string of the molecule is CC(C)C1CCC(O)(C2(CN)CCC(C(C)C)CC2)CC1. The Labute approximate surface area is 131 Å². The number of rotatable bonds is 4. The predicted octanol–water partition coefficient (Wildman–Crippen LogP) is 4.36. The van der Waals surface area contributed by atoms with Crippen LogP contribution in [0.15, 0.2) is 0 Å². The lowest BCUT2D eigenvalue weighted by Crippen LogP contribution is -2.56. The molecule has 2 saturated carbocycles. The van der Waals surface area contributed by atoms with Gasteiger partial charge in [0.25, 0.3) is 0 Å². The Morgan fingerprint density at radius 3 is 1.57 bits per heavy atom. The highest BCUT2D eigenvalue weighted by Crippen LogP contribution is 2.53. The molecule has 0 radical (unpaired) electrons. The molecule has 124 valence electrons. The van der Waals surface area contributed by atoms with Crippen molar-refractivity contribution in [2.45, 2.75) is 84.7 Å². The molecule has 21 heavy (non-hydrogen) atoms. The van der Waals surface area contributed by atoms with Crippen LogP contribution in [-0.4, -0.2) is 17.3 Å². The second-order valence-electron chi connectivity index (χ2n) is 8.68. The second kappa shape index (κ2) is 6.58. The summed E-state index contributed by atoms with van der Waals surface area (Å²) in [5.74, 6) is 3.15. The number of hydrogen-bond donors (Lipinski definition) is 2. The highest BCUT2D eigenvalue weighted by Gasteiger charge is 2.52. The zero-order chi connectivity index (χ0) is 15.7. The summed E-state index contributed by atoms with van der Waals surface area (Å²) in [5, 5.41) is 11.4. The van der Waals surface area contributed by atoms with Gasteiger partial charge in [-0.3, -0.25) is 0 Å². The van der Waals surface area contributed by atoms with Gasteiger partial charge in [0.05, 0.1) is 5.60 Å². The molecule has 0 amide bonds. The van der Waals surface area contributed by atoms with Crippen molar-refractivity contribution in [1.29, 1.82) is 0 Å². The van der Waals surface area contributed by atoms with Crippen molar-refractivity contribution in [3.8, 4) is 0 Å². The summed E-state index contributed by atoms with van der Waals surface area (Å²) in [7, 11) is 0. The first-order chi connectivity index (χ1) is 9.83. The van der Waals surface area contributed by atoms with E-state index in [4.69, 9.17) is 5.73 Å². The molecule has 2 heteroatoms. The van der Waals surface area contributed by atoms with Gasteiger partial charge in [0.15, 0.2) is 0 Å². The Balaban J connectivity index is 2.04. The minimum absolute atomic E-state index is 0.000337. The zero-order valence-corrected chi connectivity index (χ0v) is 14.7. The molecule has 0 aromatic carbocycles. The lowest BCUT2D eigenvalue weighted by Gasteiger charge is -2.54. The summed E-state index contributed by atoms with van der Waals surface area (Å²) in [6.45, 7) is 9.98. The topological polar surface area (TPSA) is 46.2 Å². The molecular formula is C19H37NO. The van der Waals surface area contributed by atoms with Crippen molar-refractivity contribution in [3.05, 3.63) is 0 Å². The molecule has 2 fully saturated rings. The fourth-order valence-corrected chi connectivity index (χ4v) is 5.03. The van der Waals surface area contributed by atoms with E-state index in [9.17, 15) is 5.11 Å². The standard InChI is InChI=1S/C19H37NO/c1-14(2)16-5-9-18(13-20,10-6-16)19(21)11-7-17(8-12-19)15(3)4/h14-17,21H,5-13,20H2,1-4H3. The van der Waals surface area contributed by atoms with E-state index in [1.165, 1.54) is 25.7 Å². The summed E-state index contributed by atoms with van der Waals surface area (Å²) in [6, 6.07) is 0. The molecule has 0 spiro atoms. The Hall–Kier alpha value is -0.0800. The highest BCUT2D eigenvalue weighted by atomic mass is 16.3. The van der Waals surface area contributed by atoms with Crippen LogP contribution in [0.2, 0.25) is 0 Å². The molecule has 0 unspecified atom stereocenters. The molecule has 2 aliphatic rings. The van der Waals surface area contributed by atoms with Crippen molar-refractivity contribution >= 4 is 0 Å². The van der Waals surface area contributed by atoms with Gasteiger partial charge in [0.2, 0.25) is 0 Å². The quantitative estimate of drug-likeness (QED) is 0.809. The van der Waals surface area contributed by atoms with Crippen LogP contribution in [0.1, 0.15) is 79.1 Å². The van der Waals surface area contributed by atoms with Crippen molar-refractivity contribution in [1.82, 2.24) is 0 Å². The van der Waals surface area contributed by atoms with Crippen LogP contribution in [0.25, 0.3) is 0 Å². The van der Waals surface area contributed by atoms with Gasteiger partial charge in [-0.15, -0.1) is 0 Å². The van der Waals surface area contributed by atoms with E-state index >= 15 is 0 Å². The summed E-state index contributed by atoms with van der Waals surface area (Å²) < 4.78 is 0. The van der Waals surface area contributed by atoms with Crippen LogP contribution in [0.4, 0.5) is 0 Å². The first-order valence-corrected chi connectivity index (χ1v) is 9.26. The van der Waals surface area contributed by atoms with E-state index in [0.717, 1.165) is 49.4 Å². The van der Waals surface area contributed by atoms with Crippen LogP contribution >= 0.6 is 0 Å². The first-order valence-electron chi connectivity index (χ1n) is 9.26. The largest absolute Gasteiger partial charge is 0.389 e. The lowest BCUT2D eigenvalue weighted by molar-refractivity contribution is -0.136. The van der Waals surface area contributed by atoms with Gasteiger partial charge >= 0.3 is 0 Å². The minimum atomic E-state index is -0.491. The smallest absolute Gasteiger partial charge is 0.0716 e. The fraction of sp³-hybridized carbons (Fsp3) is 1.00. The van der Waals surface area contributed by atoms with Crippen LogP contribution in [0.5, 0.6) is 0 Å². The van der Waals surface area contributed by atoms with E-state index in [2.05, 4.69) is 27.7 Å². The van der Waals surface area contributed by atoms with Gasteiger partial charge in [0.1, 0.15) is 0 Å². The molecule has 3 N–H and O–H groups in total. The third-order valence-corrected chi connectivity index (χ3v) is 7.11. The van der Waals surface area contributed by atoms with Gasteiger partial charge < -0.3 is 10.8 Å². The maximum atomic E-state index is 11.4. The molecule has 0 bridgehead atoms. The van der Waals surface area contributed by atoms with Crippen LogP contribution in [0.3, 0.4) is 0 Å². The van der Waals surface area contributed by atoms with Crippen molar-refractivity contribution < 1.29 is 5.11 Å². The highest BCUT2D eigenvalue weighted by molar-refractivity contribution is 5.04. The van der Waals surface area contributed by atoms with Gasteiger partial charge in [-0.1, -0.05) is 27.7 Å². The third kappa shape index (κ3) is 3.32. The Morgan fingerprint density at radius 2 is 1.24 bits per heavy atom. The van der Waals surface area contributed by atoms with Crippen LogP contribution in [-0.2, 0) is 0 Å². The summed E-state index contributed by atoms with van der Waals surface area (Å²) >= 11 is 0. The fourth-order valence-electron chi connectivity index (χ4n) is 5.03. The predicted molar refractivity (Wildman–Crippen MR) is 90.0 cm³/mol. The third-order valence-electron chi connectivity index (χ3n) is 7.11. The van der Waals surface area contributed by atoms with Crippen LogP contribution in [0, 0.1) is 29.1 Å². The normalized spacial score (nSPS) is 41.7. The average molecular weight is 296 g/mol. The van der Waals surface area contributed by atoms with Crippen molar-refractivity contribution in [2.75, 3.05) is 6.54 Å². The Morgan fingerprint density at radius 1 is 0.857 bits per heavy atom. The lowest BCUT2D eigenvalue weighted by atomic mass is 9.55. The molecule has 0 saturated heterocycles. The van der Waals surface area contributed by atoms with Gasteiger partial charge in [-0.25, -0.2) is 0 Å². The zero-order valence-electron chi connectivity index (χ0n) is 14.7. The molecule has 0 aromatic heterocycles. The number of aliphatic hydroxyl groups is 1. The molecular weight excluding hydrogens is 258 g/mol. The Bertz CT molecular complexity index is 320. The molecule has 2 rings (SSSR count). The van der Waals surface area contributed by atoms with E-state index in [1.807, 2.05) is 0 Å². The van der Waals surface area contributed by atoms with Gasteiger partial charge in [-0.05, 0) is 75.0 Å².